The highest BCUT2D eigenvalue weighted by atomic mass is 127. The van der Waals surface area contributed by atoms with Gasteiger partial charge in [-0.2, -0.15) is 13.2 Å². The number of carboxylic acids is 1. The lowest BCUT2D eigenvalue weighted by molar-refractivity contribution is -0.138. The third-order valence-corrected chi connectivity index (χ3v) is 5.47. The number of nitrogens with one attached hydrogen (secondary N) is 1. The molecule has 0 spiro atoms. The molecule has 0 fully saturated rings. The molecule has 150 valence electrons. The van der Waals surface area contributed by atoms with Crippen LogP contribution in [0, 0.1) is 3.57 Å². The van der Waals surface area contributed by atoms with Crippen LogP contribution >= 0.6 is 34.2 Å². The lowest BCUT2D eigenvalue weighted by atomic mass is 10.0. The summed E-state index contributed by atoms with van der Waals surface area (Å²) in [5.41, 5.74) is 0.383. The standard InChI is InChI=1S/C19H16ClF3INO3/c20-15-8-12(3-6-16(15)24)9-17(26)25-14(10-18(27)28)7-11-1-4-13(5-2-11)19(21,22)23/h1-6,8,14H,7,9-10H2,(H,25,26)(H,27,28)/t14-/m0/s1. The molecule has 0 aliphatic rings. The molecule has 0 aliphatic carbocycles. The van der Waals surface area contributed by atoms with Gasteiger partial charge >= 0.3 is 12.1 Å². The highest BCUT2D eigenvalue weighted by Gasteiger charge is 2.30. The Labute approximate surface area is 178 Å². The number of benzene rings is 2. The molecule has 0 heterocycles. The molecule has 0 unspecified atom stereocenters. The Bertz CT molecular complexity index is 856. The summed E-state index contributed by atoms with van der Waals surface area (Å²) >= 11 is 8.09. The number of carbonyl (C=O) groups excluding carboxylic acids is 1. The van der Waals surface area contributed by atoms with E-state index in [0.29, 0.717) is 16.1 Å². The van der Waals surface area contributed by atoms with Gasteiger partial charge in [0.1, 0.15) is 0 Å². The van der Waals surface area contributed by atoms with E-state index in [1.807, 2.05) is 0 Å². The topological polar surface area (TPSA) is 66.4 Å². The molecule has 2 aromatic rings. The highest BCUT2D eigenvalue weighted by molar-refractivity contribution is 14.1. The van der Waals surface area contributed by atoms with Gasteiger partial charge in [-0.15, -0.1) is 0 Å². The van der Waals surface area contributed by atoms with Gasteiger partial charge in [0.2, 0.25) is 5.91 Å². The van der Waals surface area contributed by atoms with Crippen molar-refractivity contribution in [3.63, 3.8) is 0 Å². The number of hydrogen-bond donors (Lipinski definition) is 2. The predicted molar refractivity (Wildman–Crippen MR) is 107 cm³/mol. The second kappa shape index (κ2) is 9.60. The third kappa shape index (κ3) is 6.97. The lowest BCUT2D eigenvalue weighted by Gasteiger charge is -2.18. The Morgan fingerprint density at radius 1 is 1.11 bits per heavy atom. The molecule has 0 bridgehead atoms. The lowest BCUT2D eigenvalue weighted by Crippen LogP contribution is -2.39. The summed E-state index contributed by atoms with van der Waals surface area (Å²) in [6.45, 7) is 0. The molecular formula is C19H16ClF3INO3. The van der Waals surface area contributed by atoms with E-state index in [-0.39, 0.29) is 19.3 Å². The number of aliphatic carboxylic acids is 1. The smallest absolute Gasteiger partial charge is 0.416 e. The van der Waals surface area contributed by atoms with Crippen molar-refractivity contribution in [2.24, 2.45) is 0 Å². The van der Waals surface area contributed by atoms with Gasteiger partial charge in [-0.3, -0.25) is 9.59 Å². The third-order valence-electron chi connectivity index (χ3n) is 3.90. The van der Waals surface area contributed by atoms with Crippen LogP contribution in [0.3, 0.4) is 0 Å². The highest BCUT2D eigenvalue weighted by Crippen LogP contribution is 2.29. The average molecular weight is 526 g/mol. The molecular weight excluding hydrogens is 510 g/mol. The molecule has 2 N–H and O–H groups in total. The molecule has 4 nitrogen and oxygen atoms in total. The summed E-state index contributed by atoms with van der Waals surface area (Å²) in [5.74, 6) is -1.51. The van der Waals surface area contributed by atoms with Gasteiger partial charge in [0.25, 0.3) is 0 Å². The molecule has 28 heavy (non-hydrogen) atoms. The Balaban J connectivity index is 2.05. The quantitative estimate of drug-likeness (QED) is 0.515. The van der Waals surface area contributed by atoms with Crippen LogP contribution in [-0.2, 0) is 28.6 Å². The zero-order chi connectivity index (χ0) is 20.9. The van der Waals surface area contributed by atoms with Crippen LogP contribution in [0.5, 0.6) is 0 Å². The first kappa shape index (κ1) is 22.5. The van der Waals surface area contributed by atoms with Gasteiger partial charge in [0, 0.05) is 9.61 Å². The zero-order valence-corrected chi connectivity index (χ0v) is 17.3. The van der Waals surface area contributed by atoms with Crippen LogP contribution in [0.25, 0.3) is 0 Å². The second-order valence-electron chi connectivity index (χ2n) is 6.19. The minimum atomic E-state index is -4.44. The molecule has 9 heteroatoms. The van der Waals surface area contributed by atoms with Crippen molar-refractivity contribution in [1.29, 1.82) is 0 Å². The van der Waals surface area contributed by atoms with Crippen molar-refractivity contribution >= 4 is 46.1 Å². The van der Waals surface area contributed by atoms with Crippen molar-refractivity contribution in [3.05, 3.63) is 67.7 Å². The summed E-state index contributed by atoms with van der Waals surface area (Å²) in [6.07, 6.45) is -4.68. The van der Waals surface area contributed by atoms with Crippen molar-refractivity contribution in [1.82, 2.24) is 5.32 Å². The van der Waals surface area contributed by atoms with Gasteiger partial charge in [0.05, 0.1) is 23.4 Å². The van der Waals surface area contributed by atoms with Crippen LogP contribution < -0.4 is 5.32 Å². The van der Waals surface area contributed by atoms with Crippen molar-refractivity contribution in [2.45, 2.75) is 31.5 Å². The molecule has 2 aromatic carbocycles. The normalized spacial score (nSPS) is 12.5. The Morgan fingerprint density at radius 2 is 1.71 bits per heavy atom. The molecule has 2 rings (SSSR count). The number of carboxylic acid groups (broad SMARTS) is 1. The van der Waals surface area contributed by atoms with Gasteiger partial charge < -0.3 is 10.4 Å². The zero-order valence-electron chi connectivity index (χ0n) is 14.4. The summed E-state index contributed by atoms with van der Waals surface area (Å²) in [7, 11) is 0. The minimum Gasteiger partial charge on any atom is -0.481 e. The average Bonchev–Trinajstić information content (AvgIpc) is 2.57. The van der Waals surface area contributed by atoms with Gasteiger partial charge in [-0.25, -0.2) is 0 Å². The van der Waals surface area contributed by atoms with E-state index in [0.717, 1.165) is 15.7 Å². The van der Waals surface area contributed by atoms with E-state index < -0.39 is 29.7 Å². The van der Waals surface area contributed by atoms with Crippen LogP contribution in [0.2, 0.25) is 5.02 Å². The Morgan fingerprint density at radius 3 is 2.25 bits per heavy atom. The van der Waals surface area contributed by atoms with Crippen molar-refractivity contribution in [3.8, 4) is 0 Å². The fraction of sp³-hybridized carbons (Fsp3) is 0.263. The first-order valence-electron chi connectivity index (χ1n) is 8.16. The monoisotopic (exact) mass is 525 g/mol. The summed E-state index contributed by atoms with van der Waals surface area (Å²) in [4.78, 5) is 23.4. The summed E-state index contributed by atoms with van der Waals surface area (Å²) < 4.78 is 38.8. The fourth-order valence-corrected chi connectivity index (χ4v) is 3.15. The minimum absolute atomic E-state index is 0.0137. The molecule has 0 saturated carbocycles. The van der Waals surface area contributed by atoms with Crippen LogP contribution in [0.1, 0.15) is 23.1 Å². The van der Waals surface area contributed by atoms with Gasteiger partial charge in [-0.1, -0.05) is 29.8 Å². The van der Waals surface area contributed by atoms with E-state index >= 15 is 0 Å². The van der Waals surface area contributed by atoms with Crippen LogP contribution in [0.4, 0.5) is 13.2 Å². The number of rotatable bonds is 7. The van der Waals surface area contributed by atoms with E-state index in [1.165, 1.54) is 12.1 Å². The Kier molecular flexibility index (Phi) is 7.70. The number of hydrogen-bond acceptors (Lipinski definition) is 2. The summed E-state index contributed by atoms with van der Waals surface area (Å²) in [6, 6.07) is 8.85. The van der Waals surface area contributed by atoms with E-state index in [2.05, 4.69) is 27.9 Å². The first-order valence-corrected chi connectivity index (χ1v) is 9.61. The van der Waals surface area contributed by atoms with Crippen LogP contribution in [-0.4, -0.2) is 23.0 Å². The largest absolute Gasteiger partial charge is 0.481 e. The van der Waals surface area contributed by atoms with E-state index in [4.69, 9.17) is 16.7 Å². The van der Waals surface area contributed by atoms with E-state index in [1.54, 1.807) is 18.2 Å². The van der Waals surface area contributed by atoms with Gasteiger partial charge in [-0.05, 0) is 64.4 Å². The number of carbonyl (C=O) groups is 2. The molecule has 1 amide bonds. The van der Waals surface area contributed by atoms with Crippen molar-refractivity contribution in [2.75, 3.05) is 0 Å². The maximum atomic E-state index is 12.6. The molecule has 0 aromatic heterocycles. The number of alkyl halides is 3. The number of amides is 1. The summed E-state index contributed by atoms with van der Waals surface area (Å²) in [5, 5.41) is 12.2. The molecule has 0 saturated heterocycles. The number of halogens is 5. The molecule has 1 atom stereocenters. The molecule has 0 aliphatic heterocycles. The SMILES string of the molecule is O=C(O)C[C@H](Cc1ccc(C(F)(F)F)cc1)NC(=O)Cc1ccc(I)c(Cl)c1. The van der Waals surface area contributed by atoms with Crippen molar-refractivity contribution < 1.29 is 27.9 Å². The maximum Gasteiger partial charge on any atom is 0.416 e. The molecule has 0 radical (unpaired) electrons. The Hall–Kier alpha value is -1.81. The van der Waals surface area contributed by atoms with Gasteiger partial charge in [0.15, 0.2) is 0 Å². The second-order valence-corrected chi connectivity index (χ2v) is 7.76. The fourth-order valence-electron chi connectivity index (χ4n) is 2.61. The van der Waals surface area contributed by atoms with E-state index in [9.17, 15) is 22.8 Å². The maximum absolute atomic E-state index is 12.6. The predicted octanol–water partition coefficient (Wildman–Crippen LogP) is 4.71. The first-order chi connectivity index (χ1) is 13.0. The van der Waals surface area contributed by atoms with Crippen LogP contribution in [0.15, 0.2) is 42.5 Å².